The first-order valence-corrected chi connectivity index (χ1v) is 10.8. The molecule has 8 nitrogen and oxygen atoms in total. The van der Waals surface area contributed by atoms with Gasteiger partial charge in [0.05, 0.1) is 31.0 Å². The Kier molecular flexibility index (Phi) is 6.54. The van der Waals surface area contributed by atoms with Crippen LogP contribution in [0.4, 0.5) is 14.5 Å². The predicted molar refractivity (Wildman–Crippen MR) is 129 cm³/mol. The number of nitrogens with one attached hydrogen (secondary N) is 1. The number of aryl methyl sites for hydroxylation is 1. The molecule has 0 aliphatic rings. The molecule has 0 fully saturated rings. The minimum Gasteiger partial charge on any atom is -0.497 e. The highest BCUT2D eigenvalue weighted by atomic mass is 19.3. The number of amides is 1. The number of alkyl halides is 2. The number of nitrogens with zero attached hydrogens (tertiary/aromatic N) is 3. The Labute approximate surface area is 200 Å². The molecule has 0 unspecified atom stereocenters. The zero-order chi connectivity index (χ0) is 25.3. The third-order valence-corrected chi connectivity index (χ3v) is 5.94. The molecule has 0 bridgehead atoms. The zero-order valence-corrected chi connectivity index (χ0v) is 19.7. The number of anilines is 1. The Morgan fingerprint density at radius 1 is 1.09 bits per heavy atom. The number of carbonyl (C=O) groups is 1. The second-order valence-corrected chi connectivity index (χ2v) is 8.00. The van der Waals surface area contributed by atoms with Crippen LogP contribution in [0.3, 0.4) is 0 Å². The molecule has 0 aliphatic heterocycles. The SMILES string of the molecule is COc1ccc(CNc2c(C(N)=O)cc3c(nnn3C(F)F)c2-c2c(C)ccc(OC)c2C)cc1. The van der Waals surface area contributed by atoms with Gasteiger partial charge in [-0.1, -0.05) is 23.4 Å². The smallest absolute Gasteiger partial charge is 0.335 e. The van der Waals surface area contributed by atoms with Crippen molar-refractivity contribution in [2.24, 2.45) is 5.73 Å². The van der Waals surface area contributed by atoms with Gasteiger partial charge in [-0.05, 0) is 60.4 Å². The molecule has 0 aliphatic carbocycles. The van der Waals surface area contributed by atoms with Crippen LogP contribution in [0.25, 0.3) is 22.2 Å². The standard InChI is InChI=1S/C25H25F2N5O3/c1-13-5-10-19(35-4)14(2)20(13)21-22(29-12-15-6-8-16(34-3)9-7-15)17(24(28)33)11-18-23(21)30-31-32(18)25(26)27/h5-11,25,29H,12H2,1-4H3,(H2,28,33). The maximum Gasteiger partial charge on any atom is 0.335 e. The molecule has 0 saturated carbocycles. The molecule has 4 rings (SSSR count). The van der Waals surface area contributed by atoms with Crippen molar-refractivity contribution in [3.8, 4) is 22.6 Å². The summed E-state index contributed by atoms with van der Waals surface area (Å²) in [5.41, 5.74) is 10.0. The van der Waals surface area contributed by atoms with E-state index in [4.69, 9.17) is 15.2 Å². The summed E-state index contributed by atoms with van der Waals surface area (Å²) in [6.45, 7) is 1.12. The normalized spacial score (nSPS) is 11.2. The third kappa shape index (κ3) is 4.34. The van der Waals surface area contributed by atoms with E-state index in [0.717, 1.165) is 16.7 Å². The fourth-order valence-corrected chi connectivity index (χ4v) is 4.21. The number of benzene rings is 3. The van der Waals surface area contributed by atoms with Gasteiger partial charge in [0.25, 0.3) is 5.91 Å². The zero-order valence-electron chi connectivity index (χ0n) is 19.7. The van der Waals surface area contributed by atoms with Crippen LogP contribution < -0.4 is 20.5 Å². The van der Waals surface area contributed by atoms with E-state index < -0.39 is 12.5 Å². The highest BCUT2D eigenvalue weighted by molar-refractivity contribution is 6.11. The highest BCUT2D eigenvalue weighted by Gasteiger charge is 2.26. The van der Waals surface area contributed by atoms with Crippen LogP contribution in [-0.4, -0.2) is 35.1 Å². The number of primary amides is 1. The van der Waals surface area contributed by atoms with Crippen LogP contribution in [0.1, 0.15) is 33.6 Å². The van der Waals surface area contributed by atoms with Crippen molar-refractivity contribution in [3.05, 3.63) is 64.7 Å². The molecule has 1 heterocycles. The van der Waals surface area contributed by atoms with E-state index in [2.05, 4.69) is 15.6 Å². The quantitative estimate of drug-likeness (QED) is 0.373. The predicted octanol–water partition coefficient (Wildman–Crippen LogP) is 4.84. The number of rotatable bonds is 8. The average molecular weight is 482 g/mol. The summed E-state index contributed by atoms with van der Waals surface area (Å²) in [4.78, 5) is 12.5. The first-order valence-electron chi connectivity index (χ1n) is 10.8. The van der Waals surface area contributed by atoms with Gasteiger partial charge in [0.1, 0.15) is 17.0 Å². The molecule has 4 aromatic rings. The molecule has 0 radical (unpaired) electrons. The number of hydrogen-bond donors (Lipinski definition) is 2. The van der Waals surface area contributed by atoms with E-state index >= 15 is 0 Å². The van der Waals surface area contributed by atoms with Crippen LogP contribution >= 0.6 is 0 Å². The van der Waals surface area contributed by atoms with Gasteiger partial charge in [-0.15, -0.1) is 5.10 Å². The molecule has 1 amide bonds. The van der Waals surface area contributed by atoms with Gasteiger partial charge in [0, 0.05) is 12.1 Å². The van der Waals surface area contributed by atoms with Crippen molar-refractivity contribution in [3.63, 3.8) is 0 Å². The van der Waals surface area contributed by atoms with Crippen LogP contribution in [0, 0.1) is 13.8 Å². The molecule has 1 aromatic heterocycles. The molecular weight excluding hydrogens is 456 g/mol. The third-order valence-electron chi connectivity index (χ3n) is 5.94. The number of hydrogen-bond acceptors (Lipinski definition) is 6. The van der Waals surface area contributed by atoms with Crippen LogP contribution in [-0.2, 0) is 6.54 Å². The molecule has 3 aromatic carbocycles. The average Bonchev–Trinajstić information content (AvgIpc) is 3.27. The summed E-state index contributed by atoms with van der Waals surface area (Å²) in [5, 5.41) is 11.0. The van der Waals surface area contributed by atoms with E-state index in [0.29, 0.717) is 39.5 Å². The van der Waals surface area contributed by atoms with E-state index in [-0.39, 0.29) is 16.6 Å². The van der Waals surface area contributed by atoms with Gasteiger partial charge in [0.2, 0.25) is 0 Å². The largest absolute Gasteiger partial charge is 0.497 e. The Morgan fingerprint density at radius 2 is 1.80 bits per heavy atom. The number of aromatic nitrogens is 3. The molecule has 0 atom stereocenters. The Hall–Kier alpha value is -4.21. The van der Waals surface area contributed by atoms with Crippen molar-refractivity contribution in [2.75, 3.05) is 19.5 Å². The fourth-order valence-electron chi connectivity index (χ4n) is 4.21. The monoisotopic (exact) mass is 481 g/mol. The van der Waals surface area contributed by atoms with Gasteiger partial charge >= 0.3 is 6.55 Å². The number of halogens is 2. The van der Waals surface area contributed by atoms with Crippen LogP contribution in [0.5, 0.6) is 11.5 Å². The van der Waals surface area contributed by atoms with E-state index in [9.17, 15) is 13.6 Å². The lowest BCUT2D eigenvalue weighted by Gasteiger charge is -2.20. The second-order valence-electron chi connectivity index (χ2n) is 8.00. The molecular formula is C25H25F2N5O3. The second kappa shape index (κ2) is 9.57. The molecule has 3 N–H and O–H groups in total. The van der Waals surface area contributed by atoms with Crippen LogP contribution in [0.2, 0.25) is 0 Å². The summed E-state index contributed by atoms with van der Waals surface area (Å²) in [6, 6.07) is 12.4. The van der Waals surface area contributed by atoms with E-state index in [1.165, 1.54) is 6.07 Å². The maximum absolute atomic E-state index is 13.7. The maximum atomic E-state index is 13.7. The van der Waals surface area contributed by atoms with Gasteiger partial charge < -0.3 is 20.5 Å². The first-order chi connectivity index (χ1) is 16.8. The van der Waals surface area contributed by atoms with E-state index in [1.807, 2.05) is 50.2 Å². The van der Waals surface area contributed by atoms with Gasteiger partial charge in [-0.3, -0.25) is 4.79 Å². The lowest BCUT2D eigenvalue weighted by atomic mass is 9.90. The molecule has 0 spiro atoms. The van der Waals surface area contributed by atoms with Crippen LogP contribution in [0.15, 0.2) is 42.5 Å². The molecule has 10 heteroatoms. The van der Waals surface area contributed by atoms with Gasteiger partial charge in [0.15, 0.2) is 0 Å². The number of ether oxygens (including phenoxy) is 2. The number of nitrogens with two attached hydrogens (primary N) is 1. The topological polar surface area (TPSA) is 104 Å². The molecule has 35 heavy (non-hydrogen) atoms. The van der Waals surface area contributed by atoms with Crippen molar-refractivity contribution in [1.29, 1.82) is 0 Å². The molecule has 0 saturated heterocycles. The lowest BCUT2D eigenvalue weighted by Crippen LogP contribution is -2.16. The summed E-state index contributed by atoms with van der Waals surface area (Å²) in [5.74, 6) is 0.538. The first kappa shape index (κ1) is 23.9. The number of fused-ring (bicyclic) bond motifs is 1. The van der Waals surface area contributed by atoms with Gasteiger partial charge in [-0.25, -0.2) is 0 Å². The number of methoxy groups -OCH3 is 2. The summed E-state index contributed by atoms with van der Waals surface area (Å²) in [7, 11) is 3.13. The van der Waals surface area contributed by atoms with Crippen molar-refractivity contribution >= 4 is 22.6 Å². The minimum absolute atomic E-state index is 0.000386. The Balaban J connectivity index is 2.00. The lowest BCUT2D eigenvalue weighted by molar-refractivity contribution is 0.0593. The molecule has 182 valence electrons. The Bertz CT molecular complexity index is 1400. The highest BCUT2D eigenvalue weighted by Crippen LogP contribution is 2.43. The summed E-state index contributed by atoms with van der Waals surface area (Å²) < 4.78 is 38.6. The summed E-state index contributed by atoms with van der Waals surface area (Å²) in [6.07, 6.45) is 0. The van der Waals surface area contributed by atoms with Crippen molar-refractivity contribution in [1.82, 2.24) is 15.0 Å². The van der Waals surface area contributed by atoms with Crippen molar-refractivity contribution < 1.29 is 23.0 Å². The summed E-state index contributed by atoms with van der Waals surface area (Å²) >= 11 is 0. The fraction of sp³-hybridized carbons (Fsp3) is 0.240. The Morgan fingerprint density at radius 3 is 2.40 bits per heavy atom. The number of carbonyl (C=O) groups excluding carboxylic acids is 1. The van der Waals surface area contributed by atoms with Gasteiger partial charge in [-0.2, -0.15) is 13.5 Å². The minimum atomic E-state index is -2.95. The van der Waals surface area contributed by atoms with E-state index in [1.54, 1.807) is 14.2 Å². The van der Waals surface area contributed by atoms with Crippen molar-refractivity contribution in [2.45, 2.75) is 26.9 Å².